The molecule has 0 aliphatic heterocycles. The lowest BCUT2D eigenvalue weighted by Crippen LogP contribution is -2.14. The normalized spacial score (nSPS) is 10.3. The molecule has 2 heterocycles. The number of aryl methyl sites for hydroxylation is 2. The first-order valence-corrected chi connectivity index (χ1v) is 7.90. The highest BCUT2D eigenvalue weighted by molar-refractivity contribution is 7.16. The summed E-state index contributed by atoms with van der Waals surface area (Å²) in [6.07, 6.45) is 2.31. The molecule has 2 aromatic rings. The second-order valence-corrected chi connectivity index (χ2v) is 5.81. The van der Waals surface area contributed by atoms with Crippen LogP contribution in [0.1, 0.15) is 45.1 Å². The van der Waals surface area contributed by atoms with Crippen LogP contribution in [0.5, 0.6) is 0 Å². The van der Waals surface area contributed by atoms with E-state index in [1.807, 2.05) is 13.8 Å². The zero-order valence-electron chi connectivity index (χ0n) is 12.8. The maximum absolute atomic E-state index is 12.3. The first-order chi connectivity index (χ1) is 10.5. The molecule has 22 heavy (non-hydrogen) atoms. The fourth-order valence-corrected chi connectivity index (χ4v) is 2.83. The summed E-state index contributed by atoms with van der Waals surface area (Å²) in [4.78, 5) is 29.4. The summed E-state index contributed by atoms with van der Waals surface area (Å²) in [6.45, 7) is 5.90. The maximum atomic E-state index is 12.3. The molecule has 6 heteroatoms. The van der Waals surface area contributed by atoms with E-state index < -0.39 is 5.97 Å². The van der Waals surface area contributed by atoms with E-state index in [-0.39, 0.29) is 5.91 Å². The van der Waals surface area contributed by atoms with Gasteiger partial charge >= 0.3 is 5.97 Å². The van der Waals surface area contributed by atoms with Crippen LogP contribution < -0.4 is 5.32 Å². The van der Waals surface area contributed by atoms with Crippen molar-refractivity contribution in [3.63, 3.8) is 0 Å². The van der Waals surface area contributed by atoms with E-state index in [2.05, 4.69) is 10.3 Å². The molecule has 0 bridgehead atoms. The van der Waals surface area contributed by atoms with Crippen molar-refractivity contribution in [3.8, 4) is 0 Å². The van der Waals surface area contributed by atoms with E-state index in [1.54, 1.807) is 25.1 Å². The number of carbonyl (C=O) groups excluding carboxylic acids is 2. The minimum atomic E-state index is -0.421. The first-order valence-electron chi connectivity index (χ1n) is 7.09. The lowest BCUT2D eigenvalue weighted by Gasteiger charge is -2.06. The molecule has 0 aliphatic rings. The predicted octanol–water partition coefficient (Wildman–Crippen LogP) is 3.44. The Hall–Kier alpha value is -2.21. The van der Waals surface area contributed by atoms with Gasteiger partial charge in [-0.25, -0.2) is 4.79 Å². The number of rotatable bonds is 5. The number of pyridine rings is 1. The standard InChI is InChI=1S/C16H18N2O3S/c1-4-12-8-13(16(20)21-5-2)15(22-12)18-14(19)11-7-6-10(3)17-9-11/h6-9H,4-5H2,1-3H3,(H,18,19). The average molecular weight is 318 g/mol. The summed E-state index contributed by atoms with van der Waals surface area (Å²) in [5, 5.41) is 3.29. The maximum Gasteiger partial charge on any atom is 0.341 e. The summed E-state index contributed by atoms with van der Waals surface area (Å²) >= 11 is 1.39. The van der Waals surface area contributed by atoms with Gasteiger partial charge < -0.3 is 10.1 Å². The molecule has 0 aliphatic carbocycles. The molecule has 5 nitrogen and oxygen atoms in total. The highest BCUT2D eigenvalue weighted by Gasteiger charge is 2.19. The van der Waals surface area contributed by atoms with Gasteiger partial charge in [-0.05, 0) is 38.5 Å². The van der Waals surface area contributed by atoms with E-state index in [1.165, 1.54) is 17.5 Å². The van der Waals surface area contributed by atoms with Crippen LogP contribution in [0.25, 0.3) is 0 Å². The van der Waals surface area contributed by atoms with Crippen molar-refractivity contribution in [2.45, 2.75) is 27.2 Å². The molecule has 2 aromatic heterocycles. The number of nitrogens with one attached hydrogen (secondary N) is 1. The second-order valence-electron chi connectivity index (χ2n) is 4.67. The van der Waals surface area contributed by atoms with Gasteiger partial charge in [-0.2, -0.15) is 0 Å². The van der Waals surface area contributed by atoms with E-state index >= 15 is 0 Å². The zero-order valence-corrected chi connectivity index (χ0v) is 13.6. The minimum absolute atomic E-state index is 0.289. The Labute approximate surface area is 133 Å². The lowest BCUT2D eigenvalue weighted by atomic mass is 10.2. The number of amides is 1. The third kappa shape index (κ3) is 3.71. The van der Waals surface area contributed by atoms with Gasteiger partial charge in [-0.3, -0.25) is 9.78 Å². The summed E-state index contributed by atoms with van der Waals surface area (Å²) in [6, 6.07) is 5.24. The van der Waals surface area contributed by atoms with Gasteiger partial charge in [0.05, 0.1) is 17.7 Å². The molecule has 1 amide bonds. The minimum Gasteiger partial charge on any atom is -0.462 e. The quantitative estimate of drug-likeness (QED) is 0.857. The summed E-state index contributed by atoms with van der Waals surface area (Å²) in [5.41, 5.74) is 1.69. The number of esters is 1. The predicted molar refractivity (Wildman–Crippen MR) is 86.6 cm³/mol. The third-order valence-corrected chi connectivity index (χ3v) is 4.22. The van der Waals surface area contributed by atoms with Crippen molar-refractivity contribution >= 4 is 28.2 Å². The molecule has 0 radical (unpaired) electrons. The number of hydrogen-bond acceptors (Lipinski definition) is 5. The van der Waals surface area contributed by atoms with Gasteiger partial charge in [0.25, 0.3) is 5.91 Å². The molecule has 0 atom stereocenters. The molecule has 0 fully saturated rings. The highest BCUT2D eigenvalue weighted by atomic mass is 32.1. The Balaban J connectivity index is 2.24. The SMILES string of the molecule is CCOC(=O)c1cc(CC)sc1NC(=O)c1ccc(C)nc1. The van der Waals surface area contributed by atoms with Gasteiger partial charge in [-0.15, -0.1) is 11.3 Å². The third-order valence-electron chi connectivity index (χ3n) is 3.03. The fraction of sp³-hybridized carbons (Fsp3) is 0.312. The number of anilines is 1. The van der Waals surface area contributed by atoms with Crippen LogP contribution >= 0.6 is 11.3 Å². The van der Waals surface area contributed by atoms with Crippen LogP contribution in [0.15, 0.2) is 24.4 Å². The molecular formula is C16H18N2O3S. The molecule has 0 saturated carbocycles. The average Bonchev–Trinajstić information content (AvgIpc) is 2.91. The van der Waals surface area contributed by atoms with Crippen LogP contribution in [-0.2, 0) is 11.2 Å². The number of nitrogens with zero attached hydrogens (tertiary/aromatic N) is 1. The zero-order chi connectivity index (χ0) is 16.1. The number of ether oxygens (including phenoxy) is 1. The molecule has 116 valence electrons. The summed E-state index contributed by atoms with van der Waals surface area (Å²) < 4.78 is 5.03. The van der Waals surface area contributed by atoms with Crippen molar-refractivity contribution < 1.29 is 14.3 Å². The van der Waals surface area contributed by atoms with E-state index in [0.29, 0.717) is 22.7 Å². The Morgan fingerprint density at radius 1 is 1.32 bits per heavy atom. The summed E-state index contributed by atoms with van der Waals surface area (Å²) in [7, 11) is 0. The number of thiophene rings is 1. The Morgan fingerprint density at radius 2 is 2.09 bits per heavy atom. The largest absolute Gasteiger partial charge is 0.462 e. The Bertz CT molecular complexity index is 677. The van der Waals surface area contributed by atoms with Crippen molar-refractivity contribution in [2.75, 3.05) is 11.9 Å². The smallest absolute Gasteiger partial charge is 0.341 e. The number of hydrogen-bond donors (Lipinski definition) is 1. The Morgan fingerprint density at radius 3 is 2.68 bits per heavy atom. The van der Waals surface area contributed by atoms with Crippen molar-refractivity contribution in [1.29, 1.82) is 0 Å². The number of aromatic nitrogens is 1. The van der Waals surface area contributed by atoms with Crippen LogP contribution in [0, 0.1) is 6.92 Å². The van der Waals surface area contributed by atoms with Crippen molar-refractivity contribution in [2.24, 2.45) is 0 Å². The van der Waals surface area contributed by atoms with E-state index in [0.717, 1.165) is 17.0 Å². The van der Waals surface area contributed by atoms with Crippen molar-refractivity contribution in [3.05, 3.63) is 46.1 Å². The molecule has 0 unspecified atom stereocenters. The van der Waals surface area contributed by atoms with E-state index in [4.69, 9.17) is 4.74 Å². The second kappa shape index (κ2) is 7.17. The van der Waals surface area contributed by atoms with Gasteiger partial charge in [-0.1, -0.05) is 6.92 Å². The molecule has 0 saturated heterocycles. The highest BCUT2D eigenvalue weighted by Crippen LogP contribution is 2.29. The van der Waals surface area contributed by atoms with Crippen LogP contribution in [0.3, 0.4) is 0 Å². The number of carbonyl (C=O) groups is 2. The van der Waals surface area contributed by atoms with Gasteiger partial charge in [0.15, 0.2) is 0 Å². The Kier molecular flexibility index (Phi) is 5.27. The molecule has 1 N–H and O–H groups in total. The van der Waals surface area contributed by atoms with Gasteiger partial charge in [0.2, 0.25) is 0 Å². The first kappa shape index (κ1) is 16.2. The molecular weight excluding hydrogens is 300 g/mol. The molecule has 0 spiro atoms. The lowest BCUT2D eigenvalue weighted by molar-refractivity contribution is 0.0528. The van der Waals surface area contributed by atoms with Crippen molar-refractivity contribution in [1.82, 2.24) is 4.98 Å². The topological polar surface area (TPSA) is 68.3 Å². The van der Waals surface area contributed by atoms with Crippen LogP contribution in [-0.4, -0.2) is 23.5 Å². The van der Waals surface area contributed by atoms with Gasteiger partial charge in [0, 0.05) is 16.8 Å². The van der Waals surface area contributed by atoms with Gasteiger partial charge in [0.1, 0.15) is 5.00 Å². The fourth-order valence-electron chi connectivity index (χ4n) is 1.85. The summed E-state index contributed by atoms with van der Waals surface area (Å²) in [5.74, 6) is -0.710. The van der Waals surface area contributed by atoms with Crippen LogP contribution in [0.2, 0.25) is 0 Å². The molecule has 2 rings (SSSR count). The van der Waals surface area contributed by atoms with E-state index in [9.17, 15) is 9.59 Å². The molecule has 0 aromatic carbocycles. The monoisotopic (exact) mass is 318 g/mol. The van der Waals surface area contributed by atoms with Crippen LogP contribution in [0.4, 0.5) is 5.00 Å².